The Morgan fingerprint density at radius 3 is 2.62 bits per heavy atom. The largest absolute Gasteiger partial charge is 0.397 e. The summed E-state index contributed by atoms with van der Waals surface area (Å²) in [6.07, 6.45) is 0. The summed E-state index contributed by atoms with van der Waals surface area (Å²) >= 11 is 0. The van der Waals surface area contributed by atoms with Gasteiger partial charge in [-0.1, -0.05) is 5.16 Å². The van der Waals surface area contributed by atoms with E-state index in [1.807, 2.05) is 4.72 Å². The molecule has 0 bridgehead atoms. The Bertz CT molecular complexity index is 795. The van der Waals surface area contributed by atoms with Crippen LogP contribution in [0.4, 0.5) is 21.8 Å². The third-order valence-corrected chi connectivity index (χ3v) is 3.70. The van der Waals surface area contributed by atoms with E-state index in [9.17, 15) is 22.9 Å². The Balaban J connectivity index is 2.47. The lowest BCUT2D eigenvalue weighted by molar-refractivity contribution is -0.385. The predicted molar refractivity (Wildman–Crippen MR) is 67.3 cm³/mol. The minimum atomic E-state index is -4.47. The van der Waals surface area contributed by atoms with Gasteiger partial charge in [-0.15, -0.1) is 0 Å². The lowest BCUT2D eigenvalue weighted by Crippen LogP contribution is -2.17. The van der Waals surface area contributed by atoms with Crippen LogP contribution < -0.4 is 10.5 Å². The molecule has 12 heteroatoms. The van der Waals surface area contributed by atoms with Gasteiger partial charge in [0.1, 0.15) is 4.90 Å². The van der Waals surface area contributed by atoms with Crippen LogP contribution in [0.15, 0.2) is 21.6 Å². The number of sulfonamides is 1. The maximum atomic E-state index is 13.8. The maximum absolute atomic E-state index is 13.8. The fraction of sp³-hybridized carbons (Fsp3) is 0.111. The minimum absolute atomic E-state index is 0.157. The highest BCUT2D eigenvalue weighted by Crippen LogP contribution is 2.28. The number of hydrogen-bond donors (Lipinski definition) is 2. The van der Waals surface area contributed by atoms with Crippen molar-refractivity contribution < 1.29 is 22.3 Å². The summed E-state index contributed by atoms with van der Waals surface area (Å²) in [5, 5.41) is 13.9. The predicted octanol–water partition coefficient (Wildman–Crippen LogP) is 0.808. The molecular weight excluding hydrogens is 309 g/mol. The van der Waals surface area contributed by atoms with Gasteiger partial charge in [-0.25, -0.2) is 17.5 Å². The molecule has 0 fully saturated rings. The van der Waals surface area contributed by atoms with Gasteiger partial charge in [0.2, 0.25) is 0 Å². The van der Waals surface area contributed by atoms with Crippen LogP contribution in [0.25, 0.3) is 0 Å². The normalized spacial score (nSPS) is 11.3. The van der Waals surface area contributed by atoms with Gasteiger partial charge in [0.25, 0.3) is 15.7 Å². The first-order valence-electron chi connectivity index (χ1n) is 5.27. The first kappa shape index (κ1) is 14.6. The van der Waals surface area contributed by atoms with E-state index in [1.54, 1.807) is 0 Å². The highest BCUT2D eigenvalue weighted by molar-refractivity contribution is 7.92. The second-order valence-electron chi connectivity index (χ2n) is 3.86. The van der Waals surface area contributed by atoms with Crippen molar-refractivity contribution in [2.45, 2.75) is 11.8 Å². The van der Waals surface area contributed by atoms with Crippen molar-refractivity contribution in [2.75, 3.05) is 10.5 Å². The second kappa shape index (κ2) is 4.97. The maximum Gasteiger partial charge on any atom is 0.335 e. The number of nitrogen functional groups attached to an aromatic ring is 1. The zero-order valence-electron chi connectivity index (χ0n) is 10.4. The summed E-state index contributed by atoms with van der Waals surface area (Å²) in [5.74, 6) is -1.21. The molecule has 1 aromatic carbocycles. The molecule has 1 aromatic heterocycles. The number of aryl methyl sites for hydroxylation is 1. The SMILES string of the molecule is Cc1noc(NS(=O)(=O)c2c(N)cc([N+](=O)[O-])cc2F)n1. The number of nitrogens with one attached hydrogen (secondary N) is 1. The number of non-ortho nitro benzene ring substituents is 1. The summed E-state index contributed by atoms with van der Waals surface area (Å²) in [7, 11) is -4.47. The average molecular weight is 317 g/mol. The number of halogens is 1. The molecule has 3 N–H and O–H groups in total. The van der Waals surface area contributed by atoms with E-state index in [1.165, 1.54) is 6.92 Å². The van der Waals surface area contributed by atoms with Crippen LogP contribution >= 0.6 is 0 Å². The number of nitrogens with two attached hydrogens (primary N) is 1. The van der Waals surface area contributed by atoms with Gasteiger partial charge in [-0.3, -0.25) is 10.1 Å². The number of anilines is 2. The zero-order valence-corrected chi connectivity index (χ0v) is 11.2. The zero-order chi connectivity index (χ0) is 15.8. The van der Waals surface area contributed by atoms with Crippen molar-refractivity contribution in [1.82, 2.24) is 10.1 Å². The average Bonchev–Trinajstić information content (AvgIpc) is 2.72. The van der Waals surface area contributed by atoms with E-state index >= 15 is 0 Å². The first-order valence-corrected chi connectivity index (χ1v) is 6.75. The Labute approximate surface area is 117 Å². The lowest BCUT2D eigenvalue weighted by Gasteiger charge is -2.08. The Morgan fingerprint density at radius 2 is 2.14 bits per heavy atom. The van der Waals surface area contributed by atoms with Gasteiger partial charge in [-0.2, -0.15) is 4.98 Å². The van der Waals surface area contributed by atoms with Crippen molar-refractivity contribution in [3.8, 4) is 0 Å². The topological polar surface area (TPSA) is 154 Å². The van der Waals surface area contributed by atoms with Crippen LogP contribution in [0.2, 0.25) is 0 Å². The van der Waals surface area contributed by atoms with E-state index in [2.05, 4.69) is 14.7 Å². The molecule has 0 saturated carbocycles. The van der Waals surface area contributed by atoms with Gasteiger partial charge in [0, 0.05) is 6.07 Å². The molecule has 0 aliphatic heterocycles. The molecule has 0 radical (unpaired) electrons. The highest BCUT2D eigenvalue weighted by Gasteiger charge is 2.27. The van der Waals surface area contributed by atoms with Gasteiger partial charge in [0.05, 0.1) is 16.7 Å². The van der Waals surface area contributed by atoms with E-state index in [0.29, 0.717) is 6.07 Å². The Hall–Kier alpha value is -2.76. The molecule has 0 amide bonds. The quantitative estimate of drug-likeness (QED) is 0.477. The molecule has 2 rings (SSSR count). The van der Waals surface area contributed by atoms with Gasteiger partial charge in [-0.05, 0) is 6.92 Å². The summed E-state index contributed by atoms with van der Waals surface area (Å²) in [5.41, 5.74) is 4.09. The van der Waals surface area contributed by atoms with Crippen molar-refractivity contribution in [3.05, 3.63) is 33.9 Å². The van der Waals surface area contributed by atoms with Crippen LogP contribution in [-0.2, 0) is 10.0 Å². The molecule has 112 valence electrons. The van der Waals surface area contributed by atoms with E-state index in [4.69, 9.17) is 5.73 Å². The molecule has 10 nitrogen and oxygen atoms in total. The van der Waals surface area contributed by atoms with E-state index < -0.39 is 43.0 Å². The summed E-state index contributed by atoms with van der Waals surface area (Å²) in [4.78, 5) is 12.3. The lowest BCUT2D eigenvalue weighted by atomic mass is 10.3. The first-order chi connectivity index (χ1) is 9.70. The third kappa shape index (κ3) is 2.89. The van der Waals surface area contributed by atoms with Crippen molar-refractivity contribution in [1.29, 1.82) is 0 Å². The number of aromatic nitrogens is 2. The number of benzene rings is 1. The van der Waals surface area contributed by atoms with Crippen LogP contribution in [0, 0.1) is 22.9 Å². The van der Waals surface area contributed by atoms with Crippen LogP contribution in [0.5, 0.6) is 0 Å². The van der Waals surface area contributed by atoms with E-state index in [0.717, 1.165) is 6.07 Å². The standard InChI is InChI=1S/C9H8FN5O5S/c1-4-12-9(20-13-4)14-21(18,19)8-6(10)2-5(15(16)17)3-7(8)11/h2-3H,11H2,1H3,(H,12,13,14). The molecule has 0 aliphatic carbocycles. The van der Waals surface area contributed by atoms with Crippen LogP contribution in [-0.4, -0.2) is 23.5 Å². The second-order valence-corrected chi connectivity index (χ2v) is 5.47. The fourth-order valence-electron chi connectivity index (χ4n) is 1.49. The molecule has 0 saturated heterocycles. The van der Waals surface area contributed by atoms with Crippen molar-refractivity contribution in [2.24, 2.45) is 0 Å². The summed E-state index contributed by atoms with van der Waals surface area (Å²) in [6.45, 7) is 1.45. The van der Waals surface area contributed by atoms with Crippen LogP contribution in [0.1, 0.15) is 5.82 Å². The highest BCUT2D eigenvalue weighted by atomic mass is 32.2. The smallest absolute Gasteiger partial charge is 0.335 e. The molecule has 0 atom stereocenters. The van der Waals surface area contributed by atoms with Crippen LogP contribution in [0.3, 0.4) is 0 Å². The fourth-order valence-corrected chi connectivity index (χ4v) is 2.59. The Morgan fingerprint density at radius 1 is 1.48 bits per heavy atom. The molecule has 1 heterocycles. The van der Waals surface area contributed by atoms with Gasteiger partial charge < -0.3 is 10.3 Å². The monoisotopic (exact) mass is 317 g/mol. The third-order valence-electron chi connectivity index (χ3n) is 2.29. The van der Waals surface area contributed by atoms with E-state index in [-0.39, 0.29) is 5.82 Å². The summed E-state index contributed by atoms with van der Waals surface area (Å²) < 4.78 is 44.2. The van der Waals surface area contributed by atoms with Gasteiger partial charge in [0.15, 0.2) is 11.6 Å². The molecule has 0 aliphatic rings. The van der Waals surface area contributed by atoms with Crippen molar-refractivity contribution >= 4 is 27.4 Å². The summed E-state index contributed by atoms with van der Waals surface area (Å²) in [6, 6.07) is 0.699. The van der Waals surface area contributed by atoms with Crippen molar-refractivity contribution in [3.63, 3.8) is 0 Å². The number of nitrogens with zero attached hydrogens (tertiary/aromatic N) is 3. The molecule has 0 unspecified atom stereocenters. The Kier molecular flexibility index (Phi) is 3.47. The molecule has 0 spiro atoms. The number of rotatable bonds is 4. The number of hydrogen-bond acceptors (Lipinski definition) is 8. The molecule has 2 aromatic rings. The molecular formula is C9H8FN5O5S. The minimum Gasteiger partial charge on any atom is -0.397 e. The number of nitro groups is 1. The number of nitro benzene ring substituents is 1. The molecule has 21 heavy (non-hydrogen) atoms. The van der Waals surface area contributed by atoms with Gasteiger partial charge >= 0.3 is 6.01 Å².